The Kier molecular flexibility index (Phi) is 3.06. The summed E-state index contributed by atoms with van der Waals surface area (Å²) in [5.74, 6) is -0.201. The van der Waals surface area contributed by atoms with E-state index in [2.05, 4.69) is 4.98 Å². The average molecular weight is 238 g/mol. The molecule has 1 aromatic heterocycles. The number of pyridine rings is 1. The van der Waals surface area contributed by atoms with Crippen LogP contribution in [0.25, 0.3) is 11.3 Å². The van der Waals surface area contributed by atoms with Gasteiger partial charge in [0.25, 0.3) is 0 Å². The smallest absolute Gasteiger partial charge is 0.165 e. The van der Waals surface area contributed by atoms with Gasteiger partial charge in [0, 0.05) is 16.8 Å². The molecule has 2 rings (SSSR count). The first-order valence-electron chi connectivity index (χ1n) is 4.66. The number of nitrogens with zero attached hydrogens (tertiary/aromatic N) is 1. The van der Waals surface area contributed by atoms with Crippen LogP contribution in [0.2, 0.25) is 5.02 Å². The third kappa shape index (κ3) is 2.14. The number of ether oxygens (including phenoxy) is 1. The fourth-order valence-electron chi connectivity index (χ4n) is 1.39. The number of rotatable bonds is 2. The van der Waals surface area contributed by atoms with Crippen molar-refractivity contribution in [3.05, 3.63) is 47.4 Å². The van der Waals surface area contributed by atoms with Crippen LogP contribution in [0.15, 0.2) is 36.5 Å². The van der Waals surface area contributed by atoms with E-state index in [0.717, 1.165) is 0 Å². The Hall–Kier alpha value is -1.61. The number of aromatic nitrogens is 1. The lowest BCUT2D eigenvalue weighted by Gasteiger charge is -2.04. The largest absolute Gasteiger partial charge is 0.494 e. The van der Waals surface area contributed by atoms with Gasteiger partial charge >= 0.3 is 0 Å². The second-order valence-electron chi connectivity index (χ2n) is 3.21. The Bertz CT molecular complexity index is 516. The lowest BCUT2D eigenvalue weighted by molar-refractivity contribution is 0.386. The molecule has 1 heterocycles. The summed E-state index contributed by atoms with van der Waals surface area (Å²) in [5.41, 5.74) is 1.30. The summed E-state index contributed by atoms with van der Waals surface area (Å²) in [4.78, 5) is 4.11. The first-order valence-corrected chi connectivity index (χ1v) is 5.04. The predicted molar refractivity (Wildman–Crippen MR) is 61.2 cm³/mol. The maximum Gasteiger partial charge on any atom is 0.165 e. The summed E-state index contributed by atoms with van der Waals surface area (Å²) in [6.07, 6.45) is 1.58. The second-order valence-corrected chi connectivity index (χ2v) is 3.65. The first-order chi connectivity index (χ1) is 7.70. The Morgan fingerprint density at radius 2 is 2.06 bits per heavy atom. The lowest BCUT2D eigenvalue weighted by atomic mass is 10.1. The highest BCUT2D eigenvalue weighted by atomic mass is 35.5. The quantitative estimate of drug-likeness (QED) is 0.797. The maximum atomic E-state index is 13.5. The fourth-order valence-corrected chi connectivity index (χ4v) is 1.55. The van der Waals surface area contributed by atoms with Crippen molar-refractivity contribution in [2.24, 2.45) is 0 Å². The molecule has 0 amide bonds. The molecule has 0 saturated heterocycles. The molecule has 0 saturated carbocycles. The summed E-state index contributed by atoms with van der Waals surface area (Å²) in [5, 5.41) is 0.571. The molecule has 0 fully saturated rings. The minimum absolute atomic E-state index is 0.214. The molecule has 0 radical (unpaired) electrons. The minimum Gasteiger partial charge on any atom is -0.494 e. The summed E-state index contributed by atoms with van der Waals surface area (Å²) in [6, 6.07) is 8.03. The summed E-state index contributed by atoms with van der Waals surface area (Å²) >= 11 is 5.83. The number of halogens is 2. The highest BCUT2D eigenvalue weighted by Gasteiger charge is 2.06. The predicted octanol–water partition coefficient (Wildman–Crippen LogP) is 3.55. The van der Waals surface area contributed by atoms with Gasteiger partial charge in [-0.05, 0) is 30.3 Å². The van der Waals surface area contributed by atoms with E-state index in [0.29, 0.717) is 16.3 Å². The molecule has 0 bridgehead atoms. The third-order valence-corrected chi connectivity index (χ3v) is 2.40. The van der Waals surface area contributed by atoms with Crippen LogP contribution in [0.4, 0.5) is 4.39 Å². The fraction of sp³-hybridized carbons (Fsp3) is 0.0833. The van der Waals surface area contributed by atoms with Crippen molar-refractivity contribution in [2.75, 3.05) is 7.11 Å². The molecule has 0 unspecified atom stereocenters. The first kappa shape index (κ1) is 10.9. The summed E-state index contributed by atoms with van der Waals surface area (Å²) in [6.45, 7) is 0. The van der Waals surface area contributed by atoms with Crippen LogP contribution in [-0.4, -0.2) is 12.1 Å². The maximum absolute atomic E-state index is 13.5. The molecule has 4 heteroatoms. The van der Waals surface area contributed by atoms with Crippen molar-refractivity contribution in [2.45, 2.75) is 0 Å². The van der Waals surface area contributed by atoms with Crippen molar-refractivity contribution in [3.8, 4) is 17.0 Å². The van der Waals surface area contributed by atoms with E-state index in [-0.39, 0.29) is 5.75 Å². The Morgan fingerprint density at radius 1 is 1.25 bits per heavy atom. The van der Waals surface area contributed by atoms with Crippen LogP contribution < -0.4 is 4.74 Å². The molecule has 16 heavy (non-hydrogen) atoms. The van der Waals surface area contributed by atoms with Gasteiger partial charge in [0.1, 0.15) is 0 Å². The van der Waals surface area contributed by atoms with Crippen molar-refractivity contribution in [3.63, 3.8) is 0 Å². The third-order valence-electron chi connectivity index (χ3n) is 2.17. The molecule has 0 N–H and O–H groups in total. The molecular formula is C12H9ClFNO. The molecule has 2 nitrogen and oxygen atoms in total. The normalized spacial score (nSPS) is 10.2. The van der Waals surface area contributed by atoms with Crippen molar-refractivity contribution in [1.82, 2.24) is 4.98 Å². The van der Waals surface area contributed by atoms with Gasteiger partial charge in [-0.25, -0.2) is 4.39 Å². The van der Waals surface area contributed by atoms with E-state index in [9.17, 15) is 4.39 Å². The van der Waals surface area contributed by atoms with Gasteiger partial charge in [0.05, 0.1) is 12.8 Å². The van der Waals surface area contributed by atoms with Gasteiger partial charge in [-0.2, -0.15) is 0 Å². The Labute approximate surface area is 97.7 Å². The van der Waals surface area contributed by atoms with Gasteiger partial charge in [-0.3, -0.25) is 4.98 Å². The van der Waals surface area contributed by atoms with E-state index >= 15 is 0 Å². The standard InChI is InChI=1S/C12H9ClFNO/c1-16-12-3-2-8(6-10(12)14)11-7-9(13)4-5-15-11/h2-7H,1H3. The Morgan fingerprint density at radius 3 is 2.69 bits per heavy atom. The number of hydrogen-bond acceptors (Lipinski definition) is 2. The molecule has 82 valence electrons. The topological polar surface area (TPSA) is 22.1 Å². The van der Waals surface area contributed by atoms with Crippen LogP contribution in [0.3, 0.4) is 0 Å². The molecular weight excluding hydrogens is 229 g/mol. The van der Waals surface area contributed by atoms with Crippen molar-refractivity contribution < 1.29 is 9.13 Å². The molecule has 0 atom stereocenters. The highest BCUT2D eigenvalue weighted by Crippen LogP contribution is 2.25. The molecule has 0 aliphatic carbocycles. The minimum atomic E-state index is -0.415. The number of hydrogen-bond donors (Lipinski definition) is 0. The molecule has 2 aromatic rings. The lowest BCUT2D eigenvalue weighted by Crippen LogP contribution is -1.89. The van der Waals surface area contributed by atoms with Gasteiger partial charge in [0.2, 0.25) is 0 Å². The summed E-state index contributed by atoms with van der Waals surface area (Å²) < 4.78 is 18.3. The van der Waals surface area contributed by atoms with Crippen LogP contribution in [-0.2, 0) is 0 Å². The van der Waals surface area contributed by atoms with Crippen molar-refractivity contribution in [1.29, 1.82) is 0 Å². The Balaban J connectivity index is 2.45. The van der Waals surface area contributed by atoms with Crippen LogP contribution in [0.5, 0.6) is 5.75 Å². The van der Waals surface area contributed by atoms with Crippen molar-refractivity contribution >= 4 is 11.6 Å². The van der Waals surface area contributed by atoms with E-state index in [4.69, 9.17) is 16.3 Å². The second kappa shape index (κ2) is 4.49. The van der Waals surface area contributed by atoms with Crippen LogP contribution >= 0.6 is 11.6 Å². The SMILES string of the molecule is COc1ccc(-c2cc(Cl)ccn2)cc1F. The van der Waals surface area contributed by atoms with Gasteiger partial charge < -0.3 is 4.74 Å². The zero-order chi connectivity index (χ0) is 11.5. The van der Waals surface area contributed by atoms with Gasteiger partial charge in [0.15, 0.2) is 11.6 Å². The van der Waals surface area contributed by atoms with E-state index < -0.39 is 5.82 Å². The van der Waals surface area contributed by atoms with E-state index in [1.165, 1.54) is 13.2 Å². The number of methoxy groups -OCH3 is 1. The van der Waals surface area contributed by atoms with Gasteiger partial charge in [-0.1, -0.05) is 11.6 Å². The monoisotopic (exact) mass is 237 g/mol. The average Bonchev–Trinajstić information content (AvgIpc) is 2.29. The number of benzene rings is 1. The van der Waals surface area contributed by atoms with Crippen LogP contribution in [0.1, 0.15) is 0 Å². The highest BCUT2D eigenvalue weighted by molar-refractivity contribution is 6.30. The molecule has 0 aliphatic rings. The van der Waals surface area contributed by atoms with E-state index in [1.807, 2.05) is 0 Å². The zero-order valence-electron chi connectivity index (χ0n) is 8.58. The summed E-state index contributed by atoms with van der Waals surface area (Å²) in [7, 11) is 1.43. The van der Waals surface area contributed by atoms with Gasteiger partial charge in [-0.15, -0.1) is 0 Å². The molecule has 1 aromatic carbocycles. The molecule has 0 aliphatic heterocycles. The van der Waals surface area contributed by atoms with E-state index in [1.54, 1.807) is 30.5 Å². The van der Waals surface area contributed by atoms with Crippen LogP contribution in [0, 0.1) is 5.82 Å². The zero-order valence-corrected chi connectivity index (χ0v) is 9.33. The molecule has 0 spiro atoms.